The molecule has 0 aliphatic rings. The first kappa shape index (κ1) is 13.8. The van der Waals surface area contributed by atoms with Crippen molar-refractivity contribution in [3.8, 4) is 5.75 Å². The lowest BCUT2D eigenvalue weighted by Crippen LogP contribution is -2.04. The van der Waals surface area contributed by atoms with E-state index in [2.05, 4.69) is 18.3 Å². The first-order chi connectivity index (χ1) is 9.20. The summed E-state index contributed by atoms with van der Waals surface area (Å²) in [7, 11) is 0. The Morgan fingerprint density at radius 1 is 1.16 bits per heavy atom. The zero-order valence-electron chi connectivity index (χ0n) is 11.2. The first-order valence-corrected chi connectivity index (χ1v) is 6.79. The highest BCUT2D eigenvalue weighted by Crippen LogP contribution is 2.23. The molecule has 0 bridgehead atoms. The molecule has 0 atom stereocenters. The highest BCUT2D eigenvalue weighted by Gasteiger charge is 2.04. The second-order valence-corrected chi connectivity index (χ2v) is 4.79. The standard InChI is InChI=1S/C16H18ClNO/c1-3-19-16-7-5-4-6-13(16)11-18-15-10-14(17)9-8-12(15)2/h4-10,18H,3,11H2,1-2H3. The monoisotopic (exact) mass is 275 g/mol. The smallest absolute Gasteiger partial charge is 0.124 e. The van der Waals surface area contributed by atoms with Crippen molar-refractivity contribution in [3.63, 3.8) is 0 Å². The number of ether oxygens (including phenoxy) is 1. The molecule has 0 saturated carbocycles. The van der Waals surface area contributed by atoms with Crippen LogP contribution in [-0.4, -0.2) is 6.61 Å². The van der Waals surface area contributed by atoms with Crippen molar-refractivity contribution in [2.24, 2.45) is 0 Å². The van der Waals surface area contributed by atoms with Gasteiger partial charge in [0.15, 0.2) is 0 Å². The van der Waals surface area contributed by atoms with Gasteiger partial charge in [-0.15, -0.1) is 0 Å². The summed E-state index contributed by atoms with van der Waals surface area (Å²) in [6, 6.07) is 13.9. The quantitative estimate of drug-likeness (QED) is 0.857. The highest BCUT2D eigenvalue weighted by molar-refractivity contribution is 6.30. The van der Waals surface area contributed by atoms with Gasteiger partial charge in [0.1, 0.15) is 5.75 Å². The molecule has 2 rings (SSSR count). The molecule has 0 spiro atoms. The number of aryl methyl sites for hydroxylation is 1. The zero-order chi connectivity index (χ0) is 13.7. The average molecular weight is 276 g/mol. The van der Waals surface area contributed by atoms with Crippen LogP contribution < -0.4 is 10.1 Å². The topological polar surface area (TPSA) is 21.3 Å². The van der Waals surface area contributed by atoms with Crippen LogP contribution >= 0.6 is 11.6 Å². The maximum Gasteiger partial charge on any atom is 0.124 e. The first-order valence-electron chi connectivity index (χ1n) is 6.41. The van der Waals surface area contributed by atoms with Crippen LogP contribution in [0.15, 0.2) is 42.5 Å². The predicted molar refractivity (Wildman–Crippen MR) is 81.1 cm³/mol. The number of hydrogen-bond acceptors (Lipinski definition) is 2. The minimum Gasteiger partial charge on any atom is -0.494 e. The Balaban J connectivity index is 2.12. The average Bonchev–Trinajstić information content (AvgIpc) is 2.42. The van der Waals surface area contributed by atoms with Crippen LogP contribution in [0.2, 0.25) is 5.02 Å². The van der Waals surface area contributed by atoms with Gasteiger partial charge >= 0.3 is 0 Å². The molecular formula is C16H18ClNO. The zero-order valence-corrected chi connectivity index (χ0v) is 12.0. The second kappa shape index (κ2) is 6.48. The molecule has 0 radical (unpaired) electrons. The summed E-state index contributed by atoms with van der Waals surface area (Å²) in [4.78, 5) is 0. The molecule has 0 saturated heterocycles. The van der Waals surface area contributed by atoms with E-state index in [1.54, 1.807) is 0 Å². The molecular weight excluding hydrogens is 258 g/mol. The van der Waals surface area contributed by atoms with E-state index in [0.29, 0.717) is 6.61 Å². The molecule has 2 aromatic carbocycles. The molecule has 0 heterocycles. The third-order valence-electron chi connectivity index (χ3n) is 2.94. The number of nitrogens with one attached hydrogen (secondary N) is 1. The van der Waals surface area contributed by atoms with Gasteiger partial charge in [0, 0.05) is 22.8 Å². The molecule has 0 aliphatic heterocycles. The van der Waals surface area contributed by atoms with Crippen LogP contribution in [0.4, 0.5) is 5.69 Å². The van der Waals surface area contributed by atoms with Crippen molar-refractivity contribution >= 4 is 17.3 Å². The van der Waals surface area contributed by atoms with E-state index in [9.17, 15) is 0 Å². The van der Waals surface area contributed by atoms with Crippen molar-refractivity contribution in [1.82, 2.24) is 0 Å². The van der Waals surface area contributed by atoms with E-state index >= 15 is 0 Å². The van der Waals surface area contributed by atoms with E-state index in [1.807, 2.05) is 43.3 Å². The summed E-state index contributed by atoms with van der Waals surface area (Å²) in [5, 5.41) is 4.15. The molecule has 0 unspecified atom stereocenters. The Morgan fingerprint density at radius 3 is 2.74 bits per heavy atom. The molecule has 3 heteroatoms. The Hall–Kier alpha value is -1.67. The van der Waals surface area contributed by atoms with Crippen LogP contribution in [0, 0.1) is 6.92 Å². The second-order valence-electron chi connectivity index (χ2n) is 4.35. The summed E-state index contributed by atoms with van der Waals surface area (Å²) >= 11 is 6.01. The summed E-state index contributed by atoms with van der Waals surface area (Å²) in [6.07, 6.45) is 0. The molecule has 0 fully saturated rings. The minimum atomic E-state index is 0.674. The lowest BCUT2D eigenvalue weighted by atomic mass is 10.1. The number of anilines is 1. The maximum atomic E-state index is 6.01. The fourth-order valence-electron chi connectivity index (χ4n) is 1.92. The molecule has 0 amide bonds. The number of halogens is 1. The molecule has 19 heavy (non-hydrogen) atoms. The maximum absolute atomic E-state index is 6.01. The summed E-state index contributed by atoms with van der Waals surface area (Å²) in [5.41, 5.74) is 3.38. The summed E-state index contributed by atoms with van der Waals surface area (Å²) in [5.74, 6) is 0.928. The van der Waals surface area contributed by atoms with E-state index in [1.165, 1.54) is 5.56 Å². The van der Waals surface area contributed by atoms with Crippen molar-refractivity contribution < 1.29 is 4.74 Å². The summed E-state index contributed by atoms with van der Waals surface area (Å²) in [6.45, 7) is 5.45. The van der Waals surface area contributed by atoms with E-state index in [-0.39, 0.29) is 0 Å². The summed E-state index contributed by atoms with van der Waals surface area (Å²) < 4.78 is 5.61. The Bertz CT molecular complexity index is 554. The van der Waals surface area contributed by atoms with E-state index in [4.69, 9.17) is 16.3 Å². The predicted octanol–water partition coefficient (Wildman–Crippen LogP) is 4.66. The normalized spacial score (nSPS) is 10.3. The Kier molecular flexibility index (Phi) is 4.69. The Morgan fingerprint density at radius 2 is 1.95 bits per heavy atom. The van der Waals surface area contributed by atoms with Crippen molar-refractivity contribution in [3.05, 3.63) is 58.6 Å². The largest absolute Gasteiger partial charge is 0.494 e. The van der Waals surface area contributed by atoms with Gasteiger partial charge in [-0.3, -0.25) is 0 Å². The third-order valence-corrected chi connectivity index (χ3v) is 3.18. The molecule has 100 valence electrons. The van der Waals surface area contributed by atoms with Gasteiger partial charge in [-0.05, 0) is 37.6 Å². The lowest BCUT2D eigenvalue weighted by Gasteiger charge is -2.13. The van der Waals surface area contributed by atoms with Crippen LogP contribution in [0.3, 0.4) is 0 Å². The van der Waals surface area contributed by atoms with E-state index < -0.39 is 0 Å². The Labute approximate surface area is 119 Å². The molecule has 1 N–H and O–H groups in total. The van der Waals surface area contributed by atoms with Crippen molar-refractivity contribution in [2.75, 3.05) is 11.9 Å². The van der Waals surface area contributed by atoms with Gasteiger partial charge in [0.2, 0.25) is 0 Å². The number of hydrogen-bond donors (Lipinski definition) is 1. The number of para-hydroxylation sites is 1. The van der Waals surface area contributed by atoms with Crippen LogP contribution in [-0.2, 0) is 6.54 Å². The van der Waals surface area contributed by atoms with Gasteiger partial charge < -0.3 is 10.1 Å². The van der Waals surface area contributed by atoms with Gasteiger partial charge in [0.25, 0.3) is 0 Å². The van der Waals surface area contributed by atoms with Gasteiger partial charge in [0.05, 0.1) is 6.61 Å². The molecule has 2 aromatic rings. The van der Waals surface area contributed by atoms with Gasteiger partial charge in [-0.25, -0.2) is 0 Å². The van der Waals surface area contributed by atoms with Crippen LogP contribution in [0.5, 0.6) is 5.75 Å². The van der Waals surface area contributed by atoms with Gasteiger partial charge in [-0.2, -0.15) is 0 Å². The van der Waals surface area contributed by atoms with E-state index in [0.717, 1.165) is 28.6 Å². The minimum absolute atomic E-state index is 0.674. The van der Waals surface area contributed by atoms with Crippen LogP contribution in [0.25, 0.3) is 0 Å². The van der Waals surface area contributed by atoms with Crippen LogP contribution in [0.1, 0.15) is 18.1 Å². The number of rotatable bonds is 5. The fraction of sp³-hybridized carbons (Fsp3) is 0.250. The van der Waals surface area contributed by atoms with Crippen molar-refractivity contribution in [1.29, 1.82) is 0 Å². The third kappa shape index (κ3) is 3.65. The highest BCUT2D eigenvalue weighted by atomic mass is 35.5. The molecule has 2 nitrogen and oxygen atoms in total. The fourth-order valence-corrected chi connectivity index (χ4v) is 2.09. The van der Waals surface area contributed by atoms with Crippen molar-refractivity contribution in [2.45, 2.75) is 20.4 Å². The SMILES string of the molecule is CCOc1ccccc1CNc1cc(Cl)ccc1C. The lowest BCUT2D eigenvalue weighted by molar-refractivity contribution is 0.337. The molecule has 0 aliphatic carbocycles. The number of benzene rings is 2. The molecule has 0 aromatic heterocycles. The van der Waals surface area contributed by atoms with Gasteiger partial charge in [-0.1, -0.05) is 35.9 Å².